The number of aliphatic imine (C=N–C) groups is 1. The van der Waals surface area contributed by atoms with Crippen molar-refractivity contribution in [3.05, 3.63) is 42.2 Å². The number of hydrogen-bond acceptors (Lipinski definition) is 4. The molecule has 0 atom stereocenters. The molecule has 0 saturated heterocycles. The average molecular weight is 354 g/mol. The van der Waals surface area contributed by atoms with Gasteiger partial charge < -0.3 is 19.8 Å². The van der Waals surface area contributed by atoms with Crippen molar-refractivity contribution in [3.8, 4) is 0 Å². The smallest absolute Gasteiger partial charge is 0.191 e. The van der Waals surface area contributed by atoms with Crippen LogP contribution < -0.4 is 10.6 Å². The molecule has 2 heterocycles. The van der Waals surface area contributed by atoms with Crippen LogP contribution in [0.1, 0.15) is 18.6 Å². The molecule has 2 aromatic heterocycles. The molecule has 0 unspecified atom stereocenters. The Hall–Kier alpha value is -2.90. The zero-order chi connectivity index (χ0) is 18.4. The van der Waals surface area contributed by atoms with Gasteiger partial charge in [0.15, 0.2) is 5.96 Å². The Kier molecular flexibility index (Phi) is 5.83. The van der Waals surface area contributed by atoms with E-state index in [0.717, 1.165) is 61.2 Å². The van der Waals surface area contributed by atoms with Gasteiger partial charge in [0.05, 0.1) is 11.0 Å². The van der Waals surface area contributed by atoms with Crippen molar-refractivity contribution in [2.24, 2.45) is 4.99 Å². The fourth-order valence-electron chi connectivity index (χ4n) is 3.02. The van der Waals surface area contributed by atoms with Crippen LogP contribution in [0.25, 0.3) is 11.0 Å². The second-order valence-corrected chi connectivity index (χ2v) is 6.02. The van der Waals surface area contributed by atoms with Crippen molar-refractivity contribution in [1.29, 1.82) is 0 Å². The molecule has 8 nitrogen and oxygen atoms in total. The highest BCUT2D eigenvalue weighted by molar-refractivity contribution is 5.79. The van der Waals surface area contributed by atoms with Gasteiger partial charge in [0.1, 0.15) is 18.0 Å². The molecule has 3 aromatic rings. The summed E-state index contributed by atoms with van der Waals surface area (Å²) in [6.07, 6.45) is 2.65. The van der Waals surface area contributed by atoms with Crippen molar-refractivity contribution in [2.75, 3.05) is 20.1 Å². The zero-order valence-corrected chi connectivity index (χ0v) is 15.6. The minimum absolute atomic E-state index is 0.762. The number of imidazole rings is 1. The van der Waals surface area contributed by atoms with Crippen LogP contribution in [0.5, 0.6) is 0 Å². The number of fused-ring (bicyclic) bond motifs is 1. The first-order chi connectivity index (χ1) is 12.7. The Labute approximate surface area is 153 Å². The van der Waals surface area contributed by atoms with Crippen molar-refractivity contribution >= 4 is 17.0 Å². The van der Waals surface area contributed by atoms with Crippen LogP contribution in [0, 0.1) is 6.92 Å². The Morgan fingerprint density at radius 2 is 1.92 bits per heavy atom. The molecule has 1 aromatic carbocycles. The highest BCUT2D eigenvalue weighted by Gasteiger charge is 2.07. The van der Waals surface area contributed by atoms with Gasteiger partial charge >= 0.3 is 0 Å². The molecular weight excluding hydrogens is 328 g/mol. The van der Waals surface area contributed by atoms with Crippen LogP contribution in [0.3, 0.4) is 0 Å². The number of benzene rings is 1. The number of guanidine groups is 1. The number of hydrogen-bond donors (Lipinski definition) is 2. The second-order valence-electron chi connectivity index (χ2n) is 6.02. The van der Waals surface area contributed by atoms with Crippen LogP contribution in [-0.4, -0.2) is 50.4 Å². The maximum absolute atomic E-state index is 4.60. The third-order valence-electron chi connectivity index (χ3n) is 4.35. The topological polar surface area (TPSA) is 85.0 Å². The molecule has 3 rings (SSSR count). The maximum atomic E-state index is 4.60. The van der Waals surface area contributed by atoms with E-state index in [2.05, 4.69) is 52.9 Å². The van der Waals surface area contributed by atoms with E-state index in [4.69, 9.17) is 0 Å². The molecule has 0 fully saturated rings. The summed E-state index contributed by atoms with van der Waals surface area (Å²) in [5, 5.41) is 14.7. The van der Waals surface area contributed by atoms with Crippen molar-refractivity contribution < 1.29 is 0 Å². The van der Waals surface area contributed by atoms with Crippen LogP contribution in [0.15, 0.2) is 35.6 Å². The summed E-state index contributed by atoms with van der Waals surface area (Å²) in [4.78, 5) is 8.88. The van der Waals surface area contributed by atoms with Gasteiger partial charge in [-0.25, -0.2) is 4.98 Å². The Morgan fingerprint density at radius 3 is 2.69 bits per heavy atom. The molecule has 138 valence electrons. The first-order valence-corrected chi connectivity index (χ1v) is 8.96. The van der Waals surface area contributed by atoms with Crippen molar-refractivity contribution in [1.82, 2.24) is 34.9 Å². The summed E-state index contributed by atoms with van der Waals surface area (Å²) >= 11 is 0. The molecule has 0 aliphatic rings. The molecule has 0 bridgehead atoms. The predicted octanol–water partition coefficient (Wildman–Crippen LogP) is 1.36. The van der Waals surface area contributed by atoms with E-state index in [1.54, 1.807) is 13.4 Å². The summed E-state index contributed by atoms with van der Waals surface area (Å²) in [5.41, 5.74) is 2.20. The van der Waals surface area contributed by atoms with E-state index in [9.17, 15) is 0 Å². The van der Waals surface area contributed by atoms with E-state index < -0.39 is 0 Å². The van der Waals surface area contributed by atoms with E-state index in [-0.39, 0.29) is 0 Å². The van der Waals surface area contributed by atoms with Crippen LogP contribution in [-0.2, 0) is 19.5 Å². The lowest BCUT2D eigenvalue weighted by atomic mass is 10.3. The molecular formula is C18H26N8. The number of nitrogens with one attached hydrogen (secondary N) is 2. The summed E-state index contributed by atoms with van der Waals surface area (Å²) in [7, 11) is 1.78. The van der Waals surface area contributed by atoms with Gasteiger partial charge in [-0.05, 0) is 19.1 Å². The fourth-order valence-corrected chi connectivity index (χ4v) is 3.02. The Balaban J connectivity index is 1.49. The van der Waals surface area contributed by atoms with Gasteiger partial charge in [0, 0.05) is 39.6 Å². The first-order valence-electron chi connectivity index (χ1n) is 8.96. The largest absolute Gasteiger partial charge is 0.355 e. The minimum atomic E-state index is 0.762. The number of rotatable bonds is 7. The van der Waals surface area contributed by atoms with Gasteiger partial charge in [-0.2, -0.15) is 0 Å². The predicted molar refractivity (Wildman–Crippen MR) is 103 cm³/mol. The molecule has 26 heavy (non-hydrogen) atoms. The third-order valence-corrected chi connectivity index (χ3v) is 4.35. The van der Waals surface area contributed by atoms with E-state index in [0.29, 0.717) is 0 Å². The molecule has 8 heteroatoms. The average Bonchev–Trinajstić information content (AvgIpc) is 3.24. The number of aromatic nitrogens is 5. The van der Waals surface area contributed by atoms with Crippen LogP contribution in [0.4, 0.5) is 0 Å². The zero-order valence-electron chi connectivity index (χ0n) is 15.6. The van der Waals surface area contributed by atoms with Crippen molar-refractivity contribution in [2.45, 2.75) is 33.4 Å². The van der Waals surface area contributed by atoms with E-state index in [1.165, 1.54) is 0 Å². The summed E-state index contributed by atoms with van der Waals surface area (Å²) in [6, 6.07) is 8.21. The minimum Gasteiger partial charge on any atom is -0.355 e. The first kappa shape index (κ1) is 17.9. The molecule has 0 aliphatic carbocycles. The van der Waals surface area contributed by atoms with Gasteiger partial charge in [0.2, 0.25) is 0 Å². The van der Waals surface area contributed by atoms with E-state index in [1.807, 2.05) is 25.1 Å². The number of para-hydroxylation sites is 2. The lowest BCUT2D eigenvalue weighted by Crippen LogP contribution is -2.40. The van der Waals surface area contributed by atoms with Crippen molar-refractivity contribution in [3.63, 3.8) is 0 Å². The van der Waals surface area contributed by atoms with E-state index >= 15 is 0 Å². The number of aryl methyl sites for hydroxylation is 2. The highest BCUT2D eigenvalue weighted by Crippen LogP contribution is 2.14. The standard InChI is InChI=1S/C18H26N8/c1-4-17-24-22-13-25(17)11-9-20-18(19-3)21-10-12-26-14(2)23-15-7-5-6-8-16(15)26/h5-8,13H,4,9-12H2,1-3H3,(H2,19,20,21). The second kappa shape index (κ2) is 8.46. The molecule has 2 N–H and O–H groups in total. The third kappa shape index (κ3) is 4.01. The monoisotopic (exact) mass is 354 g/mol. The quantitative estimate of drug-likeness (QED) is 0.494. The molecule has 0 aliphatic heterocycles. The molecule has 0 radical (unpaired) electrons. The highest BCUT2D eigenvalue weighted by atomic mass is 15.3. The van der Waals surface area contributed by atoms with Crippen LogP contribution in [0.2, 0.25) is 0 Å². The van der Waals surface area contributed by atoms with Crippen LogP contribution >= 0.6 is 0 Å². The van der Waals surface area contributed by atoms with Gasteiger partial charge in [-0.15, -0.1) is 10.2 Å². The van der Waals surface area contributed by atoms with Gasteiger partial charge in [-0.3, -0.25) is 4.99 Å². The maximum Gasteiger partial charge on any atom is 0.191 e. The summed E-state index contributed by atoms with van der Waals surface area (Å²) in [5.74, 6) is 2.81. The SMILES string of the molecule is CCc1nncn1CCNC(=NC)NCCn1c(C)nc2ccccc21. The number of nitrogens with zero attached hydrogens (tertiary/aromatic N) is 6. The Morgan fingerprint density at radius 1 is 1.15 bits per heavy atom. The fraction of sp³-hybridized carbons (Fsp3) is 0.444. The van der Waals surface area contributed by atoms with Gasteiger partial charge in [-0.1, -0.05) is 19.1 Å². The summed E-state index contributed by atoms with van der Waals surface area (Å²) < 4.78 is 4.28. The summed E-state index contributed by atoms with van der Waals surface area (Å²) in [6.45, 7) is 7.29. The van der Waals surface area contributed by atoms with Gasteiger partial charge in [0.25, 0.3) is 0 Å². The molecule has 0 saturated carbocycles. The molecule has 0 spiro atoms. The lowest BCUT2D eigenvalue weighted by molar-refractivity contribution is 0.622. The normalized spacial score (nSPS) is 11.9. The Bertz CT molecular complexity index is 876. The lowest BCUT2D eigenvalue weighted by Gasteiger charge is -2.13. The molecule has 0 amide bonds.